The van der Waals surface area contributed by atoms with E-state index >= 15 is 0 Å². The lowest BCUT2D eigenvalue weighted by molar-refractivity contribution is -0.137. The molecule has 1 aromatic heterocycles. The lowest BCUT2D eigenvalue weighted by Crippen LogP contribution is -2.13. The van der Waals surface area contributed by atoms with E-state index in [0.717, 1.165) is 24.2 Å². The highest BCUT2D eigenvalue weighted by Gasteiger charge is 2.30. The molecule has 0 spiro atoms. The van der Waals surface area contributed by atoms with Crippen LogP contribution in [-0.2, 0) is 12.7 Å². The van der Waals surface area contributed by atoms with Gasteiger partial charge in [-0.2, -0.15) is 13.2 Å². The second-order valence-electron chi connectivity index (χ2n) is 9.42. The first-order chi connectivity index (χ1) is 19.6. The summed E-state index contributed by atoms with van der Waals surface area (Å²) < 4.78 is 39.2. The molecule has 0 bridgehead atoms. The van der Waals surface area contributed by atoms with Crippen LogP contribution in [0.4, 0.5) is 24.7 Å². The summed E-state index contributed by atoms with van der Waals surface area (Å²) in [7, 11) is 3.97. The van der Waals surface area contributed by atoms with Gasteiger partial charge in [-0.3, -0.25) is 4.79 Å². The zero-order chi connectivity index (χ0) is 29.4. The van der Waals surface area contributed by atoms with Crippen molar-refractivity contribution in [1.82, 2.24) is 14.9 Å². The Bertz CT molecular complexity index is 1590. The van der Waals surface area contributed by atoms with Crippen LogP contribution in [0.15, 0.2) is 79.1 Å². The Labute approximate surface area is 241 Å². The van der Waals surface area contributed by atoms with Crippen LogP contribution in [0.25, 0.3) is 11.3 Å². The highest BCUT2D eigenvalue weighted by molar-refractivity contribution is 6.31. The van der Waals surface area contributed by atoms with Crippen LogP contribution in [0.3, 0.4) is 0 Å². The molecule has 0 atom stereocenters. The predicted molar refractivity (Wildman–Crippen MR) is 156 cm³/mol. The molecule has 6 nitrogen and oxygen atoms in total. The molecule has 0 radical (unpaired) electrons. The van der Waals surface area contributed by atoms with E-state index in [1.54, 1.807) is 48.5 Å². The Kier molecular flexibility index (Phi) is 9.61. The number of anilines is 2. The normalized spacial score (nSPS) is 11.1. The van der Waals surface area contributed by atoms with Crippen molar-refractivity contribution in [2.75, 3.05) is 31.3 Å². The molecule has 4 aromatic rings. The quantitative estimate of drug-likeness (QED) is 0.221. The van der Waals surface area contributed by atoms with E-state index in [-0.39, 0.29) is 12.5 Å². The Morgan fingerprint density at radius 1 is 1.00 bits per heavy atom. The molecule has 1 amide bonds. The van der Waals surface area contributed by atoms with Crippen LogP contribution in [0, 0.1) is 11.8 Å². The van der Waals surface area contributed by atoms with Gasteiger partial charge >= 0.3 is 6.18 Å². The summed E-state index contributed by atoms with van der Waals surface area (Å²) in [6, 6.07) is 18.8. The fraction of sp³-hybridized carbons (Fsp3) is 0.194. The largest absolute Gasteiger partial charge is 0.416 e. The number of hydrogen-bond donors (Lipinski definition) is 2. The molecule has 41 heavy (non-hydrogen) atoms. The molecule has 0 aliphatic heterocycles. The molecule has 0 fully saturated rings. The Hall–Kier alpha value is -4.39. The van der Waals surface area contributed by atoms with Gasteiger partial charge in [-0.15, -0.1) is 0 Å². The molecule has 4 rings (SSSR count). The van der Waals surface area contributed by atoms with Crippen molar-refractivity contribution in [1.29, 1.82) is 0 Å². The van der Waals surface area contributed by atoms with Gasteiger partial charge in [-0.25, -0.2) is 9.97 Å². The van der Waals surface area contributed by atoms with Crippen molar-refractivity contribution < 1.29 is 18.0 Å². The smallest absolute Gasteiger partial charge is 0.366 e. The summed E-state index contributed by atoms with van der Waals surface area (Å²) in [5.41, 5.74) is 2.39. The van der Waals surface area contributed by atoms with Crippen LogP contribution in [0.5, 0.6) is 0 Å². The average Bonchev–Trinajstić information content (AvgIpc) is 2.95. The summed E-state index contributed by atoms with van der Waals surface area (Å²) in [6.45, 7) is 0.964. The second-order valence-corrected chi connectivity index (χ2v) is 9.86. The molecule has 1 heterocycles. The number of amides is 1. The van der Waals surface area contributed by atoms with Crippen LogP contribution in [0.1, 0.15) is 33.5 Å². The third-order valence-corrected chi connectivity index (χ3v) is 6.18. The maximum absolute atomic E-state index is 13.2. The third kappa shape index (κ3) is 8.55. The number of nitrogens with one attached hydrogen (secondary N) is 2. The highest BCUT2D eigenvalue weighted by Crippen LogP contribution is 2.32. The summed E-state index contributed by atoms with van der Waals surface area (Å²) in [5, 5.41) is 6.38. The molecule has 0 unspecified atom stereocenters. The summed E-state index contributed by atoms with van der Waals surface area (Å²) in [4.78, 5) is 23.7. The topological polar surface area (TPSA) is 70.2 Å². The molecule has 0 saturated heterocycles. The number of aromatic nitrogens is 2. The lowest BCUT2D eigenvalue weighted by atomic mass is 10.1. The number of rotatable bonds is 8. The number of hydrogen-bond acceptors (Lipinski definition) is 5. The van der Waals surface area contributed by atoms with Gasteiger partial charge in [0.2, 0.25) is 0 Å². The van der Waals surface area contributed by atoms with E-state index in [9.17, 15) is 18.0 Å². The lowest BCUT2D eigenvalue weighted by Gasteiger charge is -2.13. The molecule has 10 heteroatoms. The maximum Gasteiger partial charge on any atom is 0.416 e. The number of alkyl halides is 3. The highest BCUT2D eigenvalue weighted by atomic mass is 35.5. The molecular weight excluding hydrogens is 551 g/mol. The fourth-order valence-electron chi connectivity index (χ4n) is 3.87. The molecule has 0 aliphatic carbocycles. The number of carbonyl (C=O) groups is 1. The van der Waals surface area contributed by atoms with Crippen molar-refractivity contribution >= 4 is 29.0 Å². The minimum absolute atomic E-state index is 0.119. The van der Waals surface area contributed by atoms with E-state index in [0.29, 0.717) is 45.3 Å². The van der Waals surface area contributed by atoms with E-state index < -0.39 is 11.7 Å². The van der Waals surface area contributed by atoms with Gasteiger partial charge in [0.05, 0.1) is 16.9 Å². The van der Waals surface area contributed by atoms with Crippen molar-refractivity contribution in [3.05, 3.63) is 106 Å². The van der Waals surface area contributed by atoms with Crippen LogP contribution in [0.2, 0.25) is 5.02 Å². The fourth-order valence-corrected chi connectivity index (χ4v) is 4.04. The van der Waals surface area contributed by atoms with E-state index in [1.807, 2.05) is 20.2 Å². The summed E-state index contributed by atoms with van der Waals surface area (Å²) in [6.07, 6.45) is -2.38. The first-order valence-corrected chi connectivity index (χ1v) is 13.0. The average molecular weight is 578 g/mol. The van der Waals surface area contributed by atoms with Crippen molar-refractivity contribution in [2.45, 2.75) is 19.1 Å². The number of halogens is 4. The zero-order valence-corrected chi connectivity index (χ0v) is 23.1. The SMILES string of the molecule is CN(C)CCC#Cc1cccc(C(=O)Nc2ccc(Cl)cc2-c2cc(NCc3cccc(C(F)(F)F)c3)ncn2)c1. The second kappa shape index (κ2) is 13.3. The standard InChI is InChI=1S/C31H27ClF3N5O/c1-40(2)14-4-3-7-21-8-5-10-23(15-21)30(41)39-27-13-12-25(32)17-26(27)28-18-29(38-20-37-28)36-19-22-9-6-11-24(16-22)31(33,34)35/h5-6,8-13,15-18,20H,4,14,19H2,1-2H3,(H,39,41)(H,36,37,38). The van der Waals surface area contributed by atoms with Gasteiger partial charge in [0, 0.05) is 47.3 Å². The number of nitrogens with zero attached hydrogens (tertiary/aromatic N) is 3. The van der Waals surface area contributed by atoms with E-state index in [4.69, 9.17) is 11.6 Å². The number of carbonyl (C=O) groups excluding carboxylic acids is 1. The van der Waals surface area contributed by atoms with Gasteiger partial charge in [0.25, 0.3) is 5.91 Å². The minimum Gasteiger partial charge on any atom is -0.366 e. The first kappa shape index (κ1) is 29.6. The van der Waals surface area contributed by atoms with Gasteiger partial charge in [-0.1, -0.05) is 41.6 Å². The molecule has 0 saturated carbocycles. The van der Waals surface area contributed by atoms with Crippen LogP contribution in [-0.4, -0.2) is 41.4 Å². The van der Waals surface area contributed by atoms with Crippen LogP contribution >= 0.6 is 11.6 Å². The van der Waals surface area contributed by atoms with Crippen molar-refractivity contribution in [2.24, 2.45) is 0 Å². The summed E-state index contributed by atoms with van der Waals surface area (Å²) in [5.74, 6) is 6.27. The zero-order valence-electron chi connectivity index (χ0n) is 22.4. The van der Waals surface area contributed by atoms with Crippen molar-refractivity contribution in [3.8, 4) is 23.1 Å². The first-order valence-electron chi connectivity index (χ1n) is 12.7. The molecule has 210 valence electrons. The summed E-state index contributed by atoms with van der Waals surface area (Å²) >= 11 is 6.27. The van der Waals surface area contributed by atoms with Gasteiger partial charge in [-0.05, 0) is 68.2 Å². The predicted octanol–water partition coefficient (Wildman–Crippen LogP) is 6.98. The monoisotopic (exact) mass is 577 g/mol. The Morgan fingerprint density at radius 2 is 1.80 bits per heavy atom. The number of benzene rings is 3. The van der Waals surface area contributed by atoms with Gasteiger partial charge in [0.15, 0.2) is 0 Å². The molecule has 2 N–H and O–H groups in total. The molecule has 3 aromatic carbocycles. The van der Waals surface area contributed by atoms with Crippen molar-refractivity contribution in [3.63, 3.8) is 0 Å². The molecular formula is C31H27ClF3N5O. The van der Waals surface area contributed by atoms with Gasteiger partial charge in [0.1, 0.15) is 12.1 Å². The van der Waals surface area contributed by atoms with E-state index in [2.05, 4.69) is 37.3 Å². The van der Waals surface area contributed by atoms with E-state index in [1.165, 1.54) is 12.4 Å². The third-order valence-electron chi connectivity index (χ3n) is 5.94. The molecule has 0 aliphatic rings. The van der Waals surface area contributed by atoms with Crippen LogP contribution < -0.4 is 10.6 Å². The minimum atomic E-state index is -4.42. The maximum atomic E-state index is 13.2. The Balaban J connectivity index is 1.51. The van der Waals surface area contributed by atoms with Gasteiger partial charge < -0.3 is 15.5 Å². The Morgan fingerprint density at radius 3 is 2.59 bits per heavy atom.